The van der Waals surface area contributed by atoms with Gasteiger partial charge in [0.15, 0.2) is 0 Å². The van der Waals surface area contributed by atoms with Gasteiger partial charge in [-0.2, -0.15) is 0 Å². The van der Waals surface area contributed by atoms with E-state index in [9.17, 15) is 0 Å². The monoisotopic (exact) mass is 342 g/mol. The van der Waals surface area contributed by atoms with Crippen LogP contribution in [-0.4, -0.2) is 30.2 Å². The third kappa shape index (κ3) is 2.50. The van der Waals surface area contributed by atoms with Crippen LogP contribution in [-0.2, 0) is 6.54 Å². The van der Waals surface area contributed by atoms with Crippen LogP contribution in [0.1, 0.15) is 11.5 Å². The van der Waals surface area contributed by atoms with Crippen LogP contribution in [0.15, 0.2) is 59.0 Å². The third-order valence-corrected chi connectivity index (χ3v) is 4.24. The fourth-order valence-electron chi connectivity index (χ4n) is 2.95. The van der Waals surface area contributed by atoms with Crippen molar-refractivity contribution in [2.75, 3.05) is 0 Å². The highest BCUT2D eigenvalue weighted by molar-refractivity contribution is 5.81. The lowest BCUT2D eigenvalue weighted by molar-refractivity contribution is 0.473. The van der Waals surface area contributed by atoms with Gasteiger partial charge in [-0.1, -0.05) is 35.0 Å². The maximum absolute atomic E-state index is 5.79. The molecule has 126 valence electrons. The number of para-hydroxylation sites is 1. The van der Waals surface area contributed by atoms with Crippen LogP contribution in [0.25, 0.3) is 33.5 Å². The Bertz CT molecular complexity index is 1240. The number of aromatic nitrogens is 6. The third-order valence-electron chi connectivity index (χ3n) is 4.24. The van der Waals surface area contributed by atoms with Crippen LogP contribution in [0.5, 0.6) is 0 Å². The number of hydrogen-bond acceptors (Lipinski definition) is 6. The van der Waals surface area contributed by atoms with Crippen LogP contribution in [0, 0.1) is 6.92 Å². The molecule has 0 atom stereocenters. The van der Waals surface area contributed by atoms with Gasteiger partial charge >= 0.3 is 0 Å². The molecular weight excluding hydrogens is 328 g/mol. The Morgan fingerprint density at radius 1 is 0.923 bits per heavy atom. The predicted octanol–water partition coefficient (Wildman–Crippen LogP) is 3.39. The van der Waals surface area contributed by atoms with E-state index in [1.165, 1.54) is 5.56 Å². The molecule has 0 aliphatic carbocycles. The average molecular weight is 342 g/mol. The highest BCUT2D eigenvalue weighted by Crippen LogP contribution is 2.21. The van der Waals surface area contributed by atoms with Crippen molar-refractivity contribution in [2.45, 2.75) is 13.5 Å². The Labute approximate surface area is 148 Å². The summed E-state index contributed by atoms with van der Waals surface area (Å²) in [6, 6.07) is 17.8. The smallest absolute Gasteiger partial charge is 0.266 e. The number of benzene rings is 2. The van der Waals surface area contributed by atoms with Crippen molar-refractivity contribution in [1.82, 2.24) is 30.2 Å². The Morgan fingerprint density at radius 3 is 2.81 bits per heavy atom. The molecule has 0 amide bonds. The Balaban J connectivity index is 1.47. The van der Waals surface area contributed by atoms with E-state index in [2.05, 4.69) is 38.5 Å². The molecule has 0 N–H and O–H groups in total. The van der Waals surface area contributed by atoms with Gasteiger partial charge in [-0.05, 0) is 37.3 Å². The van der Waals surface area contributed by atoms with Crippen molar-refractivity contribution in [3.05, 3.63) is 66.1 Å². The summed E-state index contributed by atoms with van der Waals surface area (Å²) >= 11 is 0. The zero-order valence-corrected chi connectivity index (χ0v) is 14.0. The molecule has 0 saturated heterocycles. The van der Waals surface area contributed by atoms with Gasteiger partial charge in [0.25, 0.3) is 5.89 Å². The molecule has 0 radical (unpaired) electrons. The first-order valence-corrected chi connectivity index (χ1v) is 8.25. The van der Waals surface area contributed by atoms with Crippen molar-refractivity contribution in [2.24, 2.45) is 0 Å². The molecule has 0 spiro atoms. The highest BCUT2D eigenvalue weighted by atomic mass is 16.4. The molecule has 3 aromatic heterocycles. The van der Waals surface area contributed by atoms with Gasteiger partial charge in [0.1, 0.15) is 17.8 Å². The zero-order valence-electron chi connectivity index (χ0n) is 14.0. The molecule has 0 bridgehead atoms. The lowest BCUT2D eigenvalue weighted by Crippen LogP contribution is -2.02. The second-order valence-corrected chi connectivity index (χ2v) is 6.13. The van der Waals surface area contributed by atoms with Crippen molar-refractivity contribution < 1.29 is 4.42 Å². The summed E-state index contributed by atoms with van der Waals surface area (Å²) in [4.78, 5) is 4.62. The first-order valence-electron chi connectivity index (χ1n) is 8.25. The van der Waals surface area contributed by atoms with E-state index in [1.54, 1.807) is 4.68 Å². The Hall–Kier alpha value is -3.61. The topological polar surface area (TPSA) is 82.5 Å². The Kier molecular flexibility index (Phi) is 3.24. The minimum atomic E-state index is 0.361. The predicted molar refractivity (Wildman–Crippen MR) is 96.4 cm³/mol. The van der Waals surface area contributed by atoms with Gasteiger partial charge in [-0.3, -0.25) is 0 Å². The number of pyridine rings is 1. The number of fused-ring (bicyclic) bond motifs is 2. The first-order chi connectivity index (χ1) is 12.8. The minimum Gasteiger partial charge on any atom is -0.417 e. The van der Waals surface area contributed by atoms with Crippen LogP contribution in [0.4, 0.5) is 0 Å². The standard InChI is InChI=1S/C19H14N6O/c1-12-6-8-14-13(10-12)7-9-16(20-14)19-23-22-18(26-19)11-25-17-5-3-2-4-15(17)21-24-25/h2-10H,11H2,1H3. The second kappa shape index (κ2) is 5.73. The molecule has 5 aromatic rings. The molecular formula is C19H14N6O. The largest absolute Gasteiger partial charge is 0.417 e. The van der Waals surface area contributed by atoms with E-state index < -0.39 is 0 Å². The lowest BCUT2D eigenvalue weighted by atomic mass is 10.1. The number of aryl methyl sites for hydroxylation is 1. The van der Waals surface area contributed by atoms with Gasteiger partial charge in [0, 0.05) is 5.39 Å². The number of hydrogen-bond donors (Lipinski definition) is 0. The summed E-state index contributed by atoms with van der Waals surface area (Å²) in [6.45, 7) is 2.42. The molecule has 0 unspecified atom stereocenters. The molecule has 0 aliphatic heterocycles. The van der Waals surface area contributed by atoms with Crippen molar-refractivity contribution in [3.63, 3.8) is 0 Å². The maximum atomic E-state index is 5.79. The van der Waals surface area contributed by atoms with Gasteiger partial charge in [0.05, 0.1) is 11.0 Å². The van der Waals surface area contributed by atoms with E-state index in [1.807, 2.05) is 48.5 Å². The normalized spacial score (nSPS) is 11.4. The van der Waals surface area contributed by atoms with Crippen LogP contribution in [0.3, 0.4) is 0 Å². The van der Waals surface area contributed by atoms with Gasteiger partial charge in [-0.15, -0.1) is 15.3 Å². The highest BCUT2D eigenvalue weighted by Gasteiger charge is 2.13. The average Bonchev–Trinajstić information content (AvgIpc) is 3.29. The van der Waals surface area contributed by atoms with Crippen LogP contribution in [0.2, 0.25) is 0 Å². The van der Waals surface area contributed by atoms with Crippen molar-refractivity contribution >= 4 is 21.9 Å². The molecule has 7 nitrogen and oxygen atoms in total. The fraction of sp³-hybridized carbons (Fsp3) is 0.105. The van der Waals surface area contributed by atoms with Crippen molar-refractivity contribution in [3.8, 4) is 11.6 Å². The quantitative estimate of drug-likeness (QED) is 0.500. The van der Waals surface area contributed by atoms with E-state index >= 15 is 0 Å². The lowest BCUT2D eigenvalue weighted by Gasteiger charge is -2.00. The molecule has 0 fully saturated rings. The summed E-state index contributed by atoms with van der Waals surface area (Å²) in [7, 11) is 0. The SMILES string of the molecule is Cc1ccc2nc(-c3nnc(Cn4nnc5ccccc54)o3)ccc2c1. The molecule has 5 rings (SSSR count). The van der Waals surface area contributed by atoms with Crippen LogP contribution >= 0.6 is 0 Å². The molecule has 3 heterocycles. The van der Waals surface area contributed by atoms with Gasteiger partial charge < -0.3 is 4.42 Å². The summed E-state index contributed by atoms with van der Waals surface area (Å²) in [5.41, 5.74) is 4.51. The zero-order chi connectivity index (χ0) is 17.5. The minimum absolute atomic E-state index is 0.361. The Morgan fingerprint density at radius 2 is 1.85 bits per heavy atom. The summed E-state index contributed by atoms with van der Waals surface area (Å²) in [5, 5.41) is 17.6. The molecule has 7 heteroatoms. The maximum Gasteiger partial charge on any atom is 0.266 e. The molecule has 26 heavy (non-hydrogen) atoms. The second-order valence-electron chi connectivity index (χ2n) is 6.13. The first kappa shape index (κ1) is 14.7. The number of rotatable bonds is 3. The molecule has 2 aromatic carbocycles. The molecule has 0 saturated carbocycles. The van der Waals surface area contributed by atoms with Gasteiger partial charge in [0.2, 0.25) is 5.89 Å². The fourth-order valence-corrected chi connectivity index (χ4v) is 2.95. The summed E-state index contributed by atoms with van der Waals surface area (Å²) in [5.74, 6) is 0.855. The van der Waals surface area contributed by atoms with E-state index in [-0.39, 0.29) is 0 Å². The number of nitrogens with zero attached hydrogens (tertiary/aromatic N) is 6. The van der Waals surface area contributed by atoms with E-state index in [0.717, 1.165) is 21.9 Å². The van der Waals surface area contributed by atoms with Crippen LogP contribution < -0.4 is 0 Å². The van der Waals surface area contributed by atoms with E-state index in [4.69, 9.17) is 4.42 Å². The molecule has 0 aliphatic rings. The summed E-state index contributed by atoms with van der Waals surface area (Å²) < 4.78 is 7.53. The van der Waals surface area contributed by atoms with E-state index in [0.29, 0.717) is 24.0 Å². The van der Waals surface area contributed by atoms with Gasteiger partial charge in [-0.25, -0.2) is 9.67 Å². The summed E-state index contributed by atoms with van der Waals surface area (Å²) in [6.07, 6.45) is 0. The van der Waals surface area contributed by atoms with Crippen molar-refractivity contribution in [1.29, 1.82) is 0 Å².